The van der Waals surface area contributed by atoms with E-state index in [1.807, 2.05) is 0 Å². The summed E-state index contributed by atoms with van der Waals surface area (Å²) in [4.78, 5) is 17.5. The van der Waals surface area contributed by atoms with E-state index < -0.39 is 27.1 Å². The molecule has 2 aliphatic carbocycles. The highest BCUT2D eigenvalue weighted by Gasteiger charge is 2.54. The van der Waals surface area contributed by atoms with Gasteiger partial charge in [0.05, 0.1) is 16.1 Å². The lowest BCUT2D eigenvalue weighted by atomic mass is 9.81. The second-order valence-electron chi connectivity index (χ2n) is 10.4. The molecule has 2 aromatic heterocycles. The maximum Gasteiger partial charge on any atom is 0.249 e. The number of anilines is 1. The monoisotopic (exact) mass is 608 g/mol. The summed E-state index contributed by atoms with van der Waals surface area (Å²) >= 11 is 13.3. The number of benzene rings is 2. The lowest BCUT2D eigenvalue weighted by Crippen LogP contribution is -2.33. The van der Waals surface area contributed by atoms with E-state index in [0.29, 0.717) is 45.3 Å². The average molecular weight is 609 g/mol. The molecule has 40 heavy (non-hydrogen) atoms. The van der Waals surface area contributed by atoms with E-state index in [4.69, 9.17) is 27.7 Å². The first-order chi connectivity index (χ1) is 18.9. The topological polar surface area (TPSA) is 107 Å². The number of sulfone groups is 1. The summed E-state index contributed by atoms with van der Waals surface area (Å²) in [5.74, 6) is -2.91. The second-order valence-corrected chi connectivity index (χ2v) is 13.5. The molecule has 0 radical (unpaired) electrons. The molecule has 2 aliphatic rings. The van der Waals surface area contributed by atoms with E-state index >= 15 is 0 Å². The largest absolute Gasteiger partial charge is 0.339 e. The number of aromatic nitrogens is 3. The van der Waals surface area contributed by atoms with Crippen LogP contribution in [0.3, 0.4) is 0 Å². The number of alkyl halides is 2. The van der Waals surface area contributed by atoms with Gasteiger partial charge in [0.1, 0.15) is 6.54 Å². The summed E-state index contributed by atoms with van der Waals surface area (Å²) in [5, 5.41) is 8.22. The predicted molar refractivity (Wildman–Crippen MR) is 146 cm³/mol. The van der Waals surface area contributed by atoms with Gasteiger partial charge < -0.3 is 14.4 Å². The maximum absolute atomic E-state index is 13.3. The van der Waals surface area contributed by atoms with Crippen LogP contribution in [0.1, 0.15) is 55.8 Å². The Morgan fingerprint density at radius 1 is 1.15 bits per heavy atom. The van der Waals surface area contributed by atoms with E-state index in [-0.39, 0.29) is 41.8 Å². The van der Waals surface area contributed by atoms with Crippen molar-refractivity contribution < 1.29 is 26.5 Å². The van der Waals surface area contributed by atoms with Crippen LogP contribution in [0.15, 0.2) is 52.0 Å². The third kappa shape index (κ3) is 4.77. The van der Waals surface area contributed by atoms with Crippen molar-refractivity contribution >= 4 is 55.5 Å². The fourth-order valence-corrected chi connectivity index (χ4v) is 7.04. The first kappa shape index (κ1) is 27.2. The minimum absolute atomic E-state index is 0.00471. The van der Waals surface area contributed by atoms with Crippen LogP contribution in [0.25, 0.3) is 10.9 Å². The highest BCUT2D eigenvalue weighted by atomic mass is 35.5. The van der Waals surface area contributed by atoms with Crippen LogP contribution in [0, 0.1) is 0 Å². The van der Waals surface area contributed by atoms with Crippen LogP contribution in [-0.2, 0) is 26.6 Å². The SMILES string of the molecule is CCS(=O)(=O)c1ccc2c(ccn2CC(=O)Nc2cc(Cl)c(C3(c4noc(C5CC(F)(F)C5)n4)CC3)c(Cl)c2)c1. The lowest BCUT2D eigenvalue weighted by Gasteiger charge is -2.32. The molecule has 13 heteroatoms. The molecule has 0 spiro atoms. The van der Waals surface area contributed by atoms with Crippen molar-refractivity contribution in [1.82, 2.24) is 14.7 Å². The fraction of sp³-hybridized carbons (Fsp3) is 0.370. The van der Waals surface area contributed by atoms with Crippen molar-refractivity contribution in [3.05, 3.63) is 69.9 Å². The van der Waals surface area contributed by atoms with Gasteiger partial charge >= 0.3 is 0 Å². The van der Waals surface area contributed by atoms with Crippen LogP contribution in [-0.4, -0.2) is 40.7 Å². The van der Waals surface area contributed by atoms with Gasteiger partial charge in [0.15, 0.2) is 15.7 Å². The molecule has 2 saturated carbocycles. The average Bonchev–Trinajstić information content (AvgIpc) is 3.32. The lowest BCUT2D eigenvalue weighted by molar-refractivity contribution is -0.116. The van der Waals surface area contributed by atoms with Crippen LogP contribution in [0.5, 0.6) is 0 Å². The molecular weight excluding hydrogens is 585 g/mol. The zero-order valence-corrected chi connectivity index (χ0v) is 23.6. The molecule has 2 heterocycles. The molecule has 2 fully saturated rings. The number of carbonyl (C=O) groups excluding carboxylic acids is 1. The molecule has 0 atom stereocenters. The number of amides is 1. The number of carbonyl (C=O) groups is 1. The van der Waals surface area contributed by atoms with E-state index in [1.54, 1.807) is 48.0 Å². The Hall–Kier alpha value is -3.02. The van der Waals surface area contributed by atoms with Crippen LogP contribution < -0.4 is 5.32 Å². The summed E-state index contributed by atoms with van der Waals surface area (Å²) in [6, 6.07) is 9.78. The molecule has 4 aromatic rings. The van der Waals surface area contributed by atoms with Crippen LogP contribution >= 0.6 is 23.2 Å². The normalized spacial score (nSPS) is 18.0. The van der Waals surface area contributed by atoms with E-state index in [1.165, 1.54) is 6.07 Å². The zero-order chi connectivity index (χ0) is 28.4. The van der Waals surface area contributed by atoms with Gasteiger partial charge in [-0.15, -0.1) is 0 Å². The van der Waals surface area contributed by atoms with Crippen LogP contribution in [0.4, 0.5) is 14.5 Å². The van der Waals surface area contributed by atoms with Gasteiger partial charge in [0.2, 0.25) is 17.7 Å². The third-order valence-electron chi connectivity index (χ3n) is 7.66. The van der Waals surface area contributed by atoms with Crippen molar-refractivity contribution in [2.24, 2.45) is 0 Å². The Bertz CT molecular complexity index is 1730. The van der Waals surface area contributed by atoms with Crippen molar-refractivity contribution in [1.29, 1.82) is 0 Å². The first-order valence-corrected chi connectivity index (χ1v) is 15.1. The molecule has 1 amide bonds. The second kappa shape index (κ2) is 9.53. The molecule has 0 bridgehead atoms. The fourth-order valence-electron chi connectivity index (χ4n) is 5.28. The minimum Gasteiger partial charge on any atom is -0.339 e. The molecule has 1 N–H and O–H groups in total. The third-order valence-corrected chi connectivity index (χ3v) is 9.99. The van der Waals surface area contributed by atoms with Crippen molar-refractivity contribution in [2.45, 2.75) is 61.3 Å². The molecule has 0 aliphatic heterocycles. The Morgan fingerprint density at radius 3 is 2.48 bits per heavy atom. The molecule has 0 unspecified atom stereocenters. The van der Waals surface area contributed by atoms with Crippen molar-refractivity contribution in [3.8, 4) is 0 Å². The van der Waals surface area contributed by atoms with E-state index in [2.05, 4.69) is 15.5 Å². The smallest absolute Gasteiger partial charge is 0.249 e. The number of nitrogens with zero attached hydrogens (tertiary/aromatic N) is 3. The van der Waals surface area contributed by atoms with Gasteiger partial charge in [-0.1, -0.05) is 35.3 Å². The minimum atomic E-state index is -3.34. The van der Waals surface area contributed by atoms with Crippen LogP contribution in [0.2, 0.25) is 10.0 Å². The number of hydrogen-bond acceptors (Lipinski definition) is 6. The van der Waals surface area contributed by atoms with Crippen molar-refractivity contribution in [2.75, 3.05) is 11.1 Å². The molecule has 210 valence electrons. The standard InChI is InChI=1S/C27H24Cl2F2N4O4S/c1-2-40(37,38)18-3-4-21-15(9-18)5-8-35(21)14-22(36)32-17-10-19(28)23(20(29)11-17)26(6-7-26)25-33-24(39-34-25)16-12-27(30,31)13-16/h3-5,8-11,16H,2,6-7,12-14H2,1H3,(H,32,36). The molecule has 6 rings (SSSR count). The van der Waals surface area contributed by atoms with Crippen molar-refractivity contribution in [3.63, 3.8) is 0 Å². The molecule has 0 saturated heterocycles. The number of nitrogens with one attached hydrogen (secondary N) is 1. The molecular formula is C27H24Cl2F2N4O4S. The summed E-state index contributed by atoms with van der Waals surface area (Å²) in [6.07, 6.45) is 2.44. The summed E-state index contributed by atoms with van der Waals surface area (Å²) < 4.78 is 58.0. The first-order valence-electron chi connectivity index (χ1n) is 12.7. The van der Waals surface area contributed by atoms with Gasteiger partial charge in [0, 0.05) is 57.2 Å². The Morgan fingerprint density at radius 2 is 1.85 bits per heavy atom. The molecule has 8 nitrogen and oxygen atoms in total. The Kier molecular flexibility index (Phi) is 6.47. The number of fused-ring (bicyclic) bond motifs is 1. The zero-order valence-electron chi connectivity index (χ0n) is 21.3. The molecule has 2 aromatic carbocycles. The van der Waals surface area contributed by atoms with Gasteiger partial charge in [-0.25, -0.2) is 17.2 Å². The quantitative estimate of drug-likeness (QED) is 0.249. The Balaban J connectivity index is 1.18. The Labute approximate surface area is 238 Å². The number of halogens is 4. The number of rotatable bonds is 8. The van der Waals surface area contributed by atoms with Gasteiger partial charge in [-0.05, 0) is 49.2 Å². The van der Waals surface area contributed by atoms with Gasteiger partial charge in [0.25, 0.3) is 0 Å². The van der Waals surface area contributed by atoms with E-state index in [9.17, 15) is 22.0 Å². The predicted octanol–water partition coefficient (Wildman–Crippen LogP) is 6.36. The maximum atomic E-state index is 13.3. The number of hydrogen-bond donors (Lipinski definition) is 1. The highest BCUT2D eigenvalue weighted by molar-refractivity contribution is 7.91. The summed E-state index contributed by atoms with van der Waals surface area (Å²) in [6.45, 7) is 1.57. The van der Waals surface area contributed by atoms with Gasteiger partial charge in [-0.3, -0.25) is 4.79 Å². The van der Waals surface area contributed by atoms with E-state index in [0.717, 1.165) is 5.52 Å². The summed E-state index contributed by atoms with van der Waals surface area (Å²) in [7, 11) is -3.34. The summed E-state index contributed by atoms with van der Waals surface area (Å²) in [5.41, 5.74) is 1.06. The highest BCUT2D eigenvalue weighted by Crippen LogP contribution is 2.57. The van der Waals surface area contributed by atoms with Gasteiger partial charge in [-0.2, -0.15) is 4.98 Å².